The van der Waals surface area contributed by atoms with E-state index in [9.17, 15) is 0 Å². The fourth-order valence-electron chi connectivity index (χ4n) is 1.29. The number of ether oxygens (including phenoxy) is 1. The fraction of sp³-hybridized carbons (Fsp3) is 0.417. The van der Waals surface area contributed by atoms with Gasteiger partial charge in [-0.3, -0.25) is 0 Å². The molecule has 1 atom stereocenters. The van der Waals surface area contributed by atoms with Gasteiger partial charge in [0.25, 0.3) is 0 Å². The Bertz CT molecular complexity index is 218. The molecule has 0 heterocycles. The van der Waals surface area contributed by atoms with E-state index in [0.29, 0.717) is 0 Å². The largest absolute Gasteiger partial charge is 0.368 e. The molecule has 0 aliphatic carbocycles. The first kappa shape index (κ1) is 10.3. The van der Waals surface area contributed by atoms with Crippen LogP contribution >= 0.6 is 0 Å². The van der Waals surface area contributed by atoms with Crippen LogP contribution in [-0.4, -0.2) is 0 Å². The van der Waals surface area contributed by atoms with E-state index in [2.05, 4.69) is 26.0 Å². The molecular weight excluding hydrogens is 160 g/mol. The lowest BCUT2D eigenvalue weighted by Gasteiger charge is -2.15. The van der Waals surface area contributed by atoms with E-state index in [-0.39, 0.29) is 6.10 Å². The lowest BCUT2D eigenvalue weighted by Crippen LogP contribution is -2.00. The first-order valence-electron chi connectivity index (χ1n) is 4.90. The molecule has 0 N–H and O–H groups in total. The lowest BCUT2D eigenvalue weighted by molar-refractivity contribution is 0.0991. The van der Waals surface area contributed by atoms with Crippen molar-refractivity contribution in [2.75, 3.05) is 0 Å². The predicted octanol–water partition coefficient (Wildman–Crippen LogP) is 3.73. The monoisotopic (exact) mass is 177 g/mol. The molecule has 71 valence electrons. The summed E-state index contributed by atoms with van der Waals surface area (Å²) >= 11 is 0. The van der Waals surface area contributed by atoms with E-state index in [4.69, 9.17) is 4.74 Å². The van der Waals surface area contributed by atoms with Crippen LogP contribution in [0.5, 0.6) is 0 Å². The maximum Gasteiger partial charge on any atom is 0.0842 e. The first-order valence-corrected chi connectivity index (χ1v) is 4.90. The van der Waals surface area contributed by atoms with Crippen LogP contribution in [0.1, 0.15) is 38.4 Å². The summed E-state index contributed by atoms with van der Waals surface area (Å²) in [5.41, 5.74) is 1.26. The third-order valence-electron chi connectivity index (χ3n) is 1.97. The minimum atomic E-state index is 0.223. The van der Waals surface area contributed by atoms with E-state index in [1.807, 2.05) is 24.8 Å². The van der Waals surface area contributed by atoms with E-state index in [1.165, 1.54) is 5.56 Å². The molecule has 1 rings (SSSR count). The van der Waals surface area contributed by atoms with E-state index in [0.717, 1.165) is 12.8 Å². The maximum absolute atomic E-state index is 5.60. The molecule has 1 nitrogen and oxygen atoms in total. The molecule has 13 heavy (non-hydrogen) atoms. The van der Waals surface area contributed by atoms with E-state index in [1.54, 1.807) is 0 Å². The Morgan fingerprint density at radius 3 is 2.46 bits per heavy atom. The Morgan fingerprint density at radius 2 is 1.92 bits per heavy atom. The zero-order valence-electron chi connectivity index (χ0n) is 8.36. The highest BCUT2D eigenvalue weighted by molar-refractivity contribution is 5.17. The summed E-state index contributed by atoms with van der Waals surface area (Å²) in [5, 5.41) is 0. The van der Waals surface area contributed by atoms with E-state index < -0.39 is 0 Å². The molecule has 1 radical (unpaired) electrons. The fourth-order valence-corrected chi connectivity index (χ4v) is 1.29. The van der Waals surface area contributed by atoms with Crippen molar-refractivity contribution < 1.29 is 4.74 Å². The molecule has 0 aliphatic heterocycles. The molecule has 0 fully saturated rings. The van der Waals surface area contributed by atoms with Gasteiger partial charge < -0.3 is 4.74 Å². The van der Waals surface area contributed by atoms with Gasteiger partial charge in [0.1, 0.15) is 0 Å². The van der Waals surface area contributed by atoms with Gasteiger partial charge in [-0.25, -0.2) is 0 Å². The highest BCUT2D eigenvalue weighted by Crippen LogP contribution is 2.21. The van der Waals surface area contributed by atoms with Crippen LogP contribution in [0.15, 0.2) is 30.3 Å². The Kier molecular flexibility index (Phi) is 4.55. The SMILES string of the molecule is CC[CH]OC(CC)c1ccccc1. The Hall–Kier alpha value is -0.820. The van der Waals surface area contributed by atoms with Gasteiger partial charge in [-0.2, -0.15) is 0 Å². The Labute approximate surface area is 80.7 Å². The van der Waals surface area contributed by atoms with Crippen molar-refractivity contribution in [2.24, 2.45) is 0 Å². The van der Waals surface area contributed by atoms with Crippen LogP contribution in [-0.2, 0) is 4.74 Å². The molecular formula is C12H17O. The summed E-state index contributed by atoms with van der Waals surface area (Å²) in [5.74, 6) is 0. The van der Waals surface area contributed by atoms with Gasteiger partial charge in [0, 0.05) is 0 Å². The molecule has 1 aromatic carbocycles. The third kappa shape index (κ3) is 3.19. The molecule has 1 heteroatoms. The number of benzene rings is 1. The van der Waals surface area contributed by atoms with Crippen LogP contribution in [0.3, 0.4) is 0 Å². The van der Waals surface area contributed by atoms with Crippen molar-refractivity contribution in [3.8, 4) is 0 Å². The van der Waals surface area contributed by atoms with Crippen LogP contribution in [0.25, 0.3) is 0 Å². The minimum absolute atomic E-state index is 0.223. The smallest absolute Gasteiger partial charge is 0.0842 e. The topological polar surface area (TPSA) is 9.23 Å². The van der Waals surface area contributed by atoms with Crippen molar-refractivity contribution in [1.82, 2.24) is 0 Å². The standard InChI is InChI=1S/C12H17O/c1-3-10-13-12(4-2)11-8-6-5-7-9-11/h5-10,12H,3-4H2,1-2H3. The number of hydrogen-bond acceptors (Lipinski definition) is 1. The second-order valence-electron chi connectivity index (χ2n) is 3.02. The molecule has 0 saturated heterocycles. The highest BCUT2D eigenvalue weighted by Gasteiger charge is 2.07. The quantitative estimate of drug-likeness (QED) is 0.666. The summed E-state index contributed by atoms with van der Waals surface area (Å²) in [6.07, 6.45) is 2.20. The van der Waals surface area contributed by atoms with Crippen LogP contribution in [0, 0.1) is 6.61 Å². The van der Waals surface area contributed by atoms with Gasteiger partial charge in [0.15, 0.2) is 0 Å². The normalized spacial score (nSPS) is 12.8. The summed E-state index contributed by atoms with van der Waals surface area (Å²) in [6.45, 7) is 6.10. The van der Waals surface area contributed by atoms with Gasteiger partial charge in [0.05, 0.1) is 12.7 Å². The molecule has 0 aromatic heterocycles. The van der Waals surface area contributed by atoms with Gasteiger partial charge in [-0.1, -0.05) is 44.2 Å². The second kappa shape index (κ2) is 5.76. The first-order chi connectivity index (χ1) is 6.38. The van der Waals surface area contributed by atoms with E-state index >= 15 is 0 Å². The molecule has 0 spiro atoms. The Morgan fingerprint density at radius 1 is 1.23 bits per heavy atom. The minimum Gasteiger partial charge on any atom is -0.368 e. The van der Waals surface area contributed by atoms with Crippen molar-refractivity contribution in [3.05, 3.63) is 42.5 Å². The van der Waals surface area contributed by atoms with Crippen molar-refractivity contribution in [2.45, 2.75) is 32.8 Å². The van der Waals surface area contributed by atoms with Gasteiger partial charge in [0.2, 0.25) is 0 Å². The van der Waals surface area contributed by atoms with Gasteiger partial charge >= 0.3 is 0 Å². The number of hydrogen-bond donors (Lipinski definition) is 0. The molecule has 0 amide bonds. The summed E-state index contributed by atoms with van der Waals surface area (Å²) in [6, 6.07) is 10.3. The zero-order chi connectivity index (χ0) is 9.52. The molecule has 1 aromatic rings. The average molecular weight is 177 g/mol. The predicted molar refractivity (Wildman–Crippen MR) is 55.2 cm³/mol. The third-order valence-corrected chi connectivity index (χ3v) is 1.97. The van der Waals surface area contributed by atoms with Gasteiger partial charge in [-0.05, 0) is 18.4 Å². The van der Waals surface area contributed by atoms with Crippen LogP contribution in [0.2, 0.25) is 0 Å². The van der Waals surface area contributed by atoms with Crippen molar-refractivity contribution >= 4 is 0 Å². The van der Waals surface area contributed by atoms with Crippen molar-refractivity contribution in [3.63, 3.8) is 0 Å². The van der Waals surface area contributed by atoms with Gasteiger partial charge in [-0.15, -0.1) is 0 Å². The number of rotatable bonds is 5. The summed E-state index contributed by atoms with van der Waals surface area (Å²) in [7, 11) is 0. The molecule has 0 saturated carbocycles. The Balaban J connectivity index is 2.56. The van der Waals surface area contributed by atoms with Crippen LogP contribution < -0.4 is 0 Å². The highest BCUT2D eigenvalue weighted by atomic mass is 16.5. The zero-order valence-corrected chi connectivity index (χ0v) is 8.36. The molecule has 0 aliphatic rings. The lowest BCUT2D eigenvalue weighted by atomic mass is 10.1. The van der Waals surface area contributed by atoms with Crippen LogP contribution in [0.4, 0.5) is 0 Å². The summed E-state index contributed by atoms with van der Waals surface area (Å²) in [4.78, 5) is 0. The van der Waals surface area contributed by atoms with Crippen molar-refractivity contribution in [1.29, 1.82) is 0 Å². The second-order valence-corrected chi connectivity index (χ2v) is 3.02. The maximum atomic E-state index is 5.60. The molecule has 1 unspecified atom stereocenters. The average Bonchev–Trinajstić information content (AvgIpc) is 2.21. The summed E-state index contributed by atoms with van der Waals surface area (Å²) < 4.78 is 5.60. The molecule has 0 bridgehead atoms.